The van der Waals surface area contributed by atoms with Crippen molar-refractivity contribution in [3.05, 3.63) is 30.2 Å². The maximum Gasteiger partial charge on any atom is 0.191 e. The van der Waals surface area contributed by atoms with E-state index in [2.05, 4.69) is 32.7 Å². The van der Waals surface area contributed by atoms with Crippen LogP contribution in [0.25, 0.3) is 5.65 Å². The lowest BCUT2D eigenvalue weighted by molar-refractivity contribution is 0.339. The molecule has 0 atom stereocenters. The number of halogens is 1. The van der Waals surface area contributed by atoms with Gasteiger partial charge in [0, 0.05) is 19.3 Å². The van der Waals surface area contributed by atoms with E-state index in [4.69, 9.17) is 0 Å². The van der Waals surface area contributed by atoms with Gasteiger partial charge in [-0.05, 0) is 31.4 Å². The summed E-state index contributed by atoms with van der Waals surface area (Å²) in [5.74, 6) is 2.60. The summed E-state index contributed by atoms with van der Waals surface area (Å²) in [7, 11) is 0. The predicted molar refractivity (Wildman–Crippen MR) is 112 cm³/mol. The van der Waals surface area contributed by atoms with Crippen LogP contribution in [-0.2, 0) is 6.54 Å². The van der Waals surface area contributed by atoms with E-state index in [1.54, 1.807) is 0 Å². The van der Waals surface area contributed by atoms with Crippen LogP contribution in [0.4, 0.5) is 0 Å². The fraction of sp³-hybridized carbons (Fsp3) is 0.611. The van der Waals surface area contributed by atoms with E-state index in [0.717, 1.165) is 36.4 Å². The van der Waals surface area contributed by atoms with Crippen LogP contribution in [0.15, 0.2) is 29.4 Å². The van der Waals surface area contributed by atoms with Crippen LogP contribution in [0.3, 0.4) is 0 Å². The second kappa shape index (κ2) is 10.6. The Morgan fingerprint density at radius 1 is 1.20 bits per heavy atom. The highest BCUT2D eigenvalue weighted by Gasteiger charge is 2.13. The van der Waals surface area contributed by atoms with Gasteiger partial charge in [-0.3, -0.25) is 4.40 Å². The van der Waals surface area contributed by atoms with Gasteiger partial charge in [0.25, 0.3) is 0 Å². The van der Waals surface area contributed by atoms with Gasteiger partial charge >= 0.3 is 0 Å². The largest absolute Gasteiger partial charge is 0.357 e. The third-order valence-corrected chi connectivity index (χ3v) is 4.68. The highest BCUT2D eigenvalue weighted by Crippen LogP contribution is 2.25. The number of guanidine groups is 1. The maximum absolute atomic E-state index is 4.66. The van der Waals surface area contributed by atoms with Gasteiger partial charge in [0.1, 0.15) is 6.54 Å². The SMILES string of the molecule is CCNC(=NCc1nnc2ccccn12)NCCC1CCCCC1.I. The lowest BCUT2D eigenvalue weighted by Crippen LogP contribution is -2.38. The van der Waals surface area contributed by atoms with E-state index in [0.29, 0.717) is 6.54 Å². The fourth-order valence-electron chi connectivity index (χ4n) is 3.36. The van der Waals surface area contributed by atoms with E-state index >= 15 is 0 Å². The number of pyridine rings is 1. The Kier molecular flexibility index (Phi) is 8.43. The topological polar surface area (TPSA) is 66.6 Å². The van der Waals surface area contributed by atoms with Crippen molar-refractivity contribution in [1.29, 1.82) is 0 Å². The van der Waals surface area contributed by atoms with Crippen LogP contribution in [0, 0.1) is 5.92 Å². The Morgan fingerprint density at radius 3 is 2.84 bits per heavy atom. The standard InChI is InChI=1S/C18H28N6.HI/c1-2-19-18(20-12-11-15-8-4-3-5-9-15)21-14-17-23-22-16-10-6-7-13-24(16)17;/h6-7,10,13,15H,2-5,8-9,11-12,14H2,1H3,(H2,19,20,21);1H. The molecule has 0 spiro atoms. The van der Waals surface area contributed by atoms with Gasteiger partial charge in [-0.1, -0.05) is 38.2 Å². The zero-order valence-corrected chi connectivity index (χ0v) is 17.3. The first kappa shape index (κ1) is 19.9. The van der Waals surface area contributed by atoms with E-state index in [1.807, 2.05) is 28.8 Å². The summed E-state index contributed by atoms with van der Waals surface area (Å²) in [5.41, 5.74) is 0.859. The molecule has 6 nitrogen and oxygen atoms in total. The molecule has 0 bridgehead atoms. The normalized spacial score (nSPS) is 15.8. The third-order valence-electron chi connectivity index (χ3n) is 4.68. The van der Waals surface area contributed by atoms with Crippen molar-refractivity contribution in [3.63, 3.8) is 0 Å². The molecule has 0 aromatic carbocycles. The molecule has 0 radical (unpaired) electrons. The van der Waals surface area contributed by atoms with Crippen molar-refractivity contribution in [2.45, 2.75) is 52.0 Å². The molecule has 3 rings (SSSR count). The molecule has 1 aliphatic rings. The Hall–Kier alpha value is -1.38. The molecule has 0 aliphatic heterocycles. The Bertz CT molecular complexity index is 662. The molecular formula is C18H29IN6. The van der Waals surface area contributed by atoms with Gasteiger partial charge < -0.3 is 10.6 Å². The van der Waals surface area contributed by atoms with E-state index in [9.17, 15) is 0 Å². The Morgan fingerprint density at radius 2 is 2.04 bits per heavy atom. The van der Waals surface area contributed by atoms with Crippen molar-refractivity contribution in [3.8, 4) is 0 Å². The molecular weight excluding hydrogens is 427 g/mol. The maximum atomic E-state index is 4.66. The average Bonchev–Trinajstić information content (AvgIpc) is 3.04. The number of fused-ring (bicyclic) bond motifs is 1. The molecule has 0 saturated heterocycles. The van der Waals surface area contributed by atoms with Crippen molar-refractivity contribution in [2.75, 3.05) is 13.1 Å². The smallest absolute Gasteiger partial charge is 0.191 e. The number of aliphatic imine (C=N–C) groups is 1. The zero-order valence-electron chi connectivity index (χ0n) is 14.9. The van der Waals surface area contributed by atoms with Gasteiger partial charge in [-0.2, -0.15) is 0 Å². The minimum absolute atomic E-state index is 0. The molecule has 0 unspecified atom stereocenters. The van der Waals surface area contributed by atoms with Crippen LogP contribution in [0.5, 0.6) is 0 Å². The Labute approximate surface area is 166 Å². The summed E-state index contributed by atoms with van der Waals surface area (Å²) in [6.07, 6.45) is 10.2. The molecule has 1 aliphatic carbocycles. The molecule has 2 N–H and O–H groups in total. The molecule has 7 heteroatoms. The summed E-state index contributed by atoms with van der Waals surface area (Å²) >= 11 is 0. The van der Waals surface area contributed by atoms with E-state index in [-0.39, 0.29) is 24.0 Å². The van der Waals surface area contributed by atoms with Crippen LogP contribution in [-0.4, -0.2) is 33.6 Å². The third kappa shape index (κ3) is 5.83. The minimum Gasteiger partial charge on any atom is -0.357 e. The van der Waals surface area contributed by atoms with Gasteiger partial charge in [-0.25, -0.2) is 4.99 Å². The van der Waals surface area contributed by atoms with Crippen LogP contribution in [0.1, 0.15) is 51.3 Å². The molecule has 2 aromatic heterocycles. The number of hydrogen-bond donors (Lipinski definition) is 2. The molecule has 25 heavy (non-hydrogen) atoms. The first-order chi connectivity index (χ1) is 11.9. The first-order valence-corrected chi connectivity index (χ1v) is 9.17. The lowest BCUT2D eigenvalue weighted by Gasteiger charge is -2.22. The number of nitrogens with zero attached hydrogens (tertiary/aromatic N) is 4. The van der Waals surface area contributed by atoms with Gasteiger partial charge in [0.15, 0.2) is 17.4 Å². The van der Waals surface area contributed by atoms with Gasteiger partial charge in [0.05, 0.1) is 0 Å². The van der Waals surface area contributed by atoms with Crippen LogP contribution in [0.2, 0.25) is 0 Å². The summed E-state index contributed by atoms with van der Waals surface area (Å²) < 4.78 is 1.98. The first-order valence-electron chi connectivity index (χ1n) is 9.17. The quantitative estimate of drug-likeness (QED) is 0.398. The monoisotopic (exact) mass is 456 g/mol. The minimum atomic E-state index is 0. The van der Waals surface area contributed by atoms with Gasteiger partial charge in [-0.15, -0.1) is 34.2 Å². The van der Waals surface area contributed by atoms with Crippen molar-refractivity contribution in [2.24, 2.45) is 10.9 Å². The highest BCUT2D eigenvalue weighted by molar-refractivity contribution is 14.0. The number of hydrogen-bond acceptors (Lipinski definition) is 3. The number of rotatable bonds is 6. The van der Waals surface area contributed by atoms with Crippen molar-refractivity contribution >= 4 is 35.6 Å². The summed E-state index contributed by atoms with van der Waals surface area (Å²) in [6, 6.07) is 5.90. The summed E-state index contributed by atoms with van der Waals surface area (Å²) in [4.78, 5) is 4.66. The Balaban J connectivity index is 0.00000225. The van der Waals surface area contributed by atoms with Gasteiger partial charge in [0.2, 0.25) is 0 Å². The highest BCUT2D eigenvalue weighted by atomic mass is 127. The molecule has 138 valence electrons. The summed E-state index contributed by atoms with van der Waals surface area (Å²) in [6.45, 7) is 4.45. The summed E-state index contributed by atoms with van der Waals surface area (Å²) in [5, 5.41) is 15.2. The van der Waals surface area contributed by atoms with Crippen LogP contribution < -0.4 is 10.6 Å². The molecule has 1 saturated carbocycles. The second-order valence-electron chi connectivity index (χ2n) is 6.46. The fourth-order valence-corrected chi connectivity index (χ4v) is 3.36. The number of aromatic nitrogens is 3. The molecule has 0 amide bonds. The zero-order chi connectivity index (χ0) is 16.6. The van der Waals surface area contributed by atoms with Crippen molar-refractivity contribution < 1.29 is 0 Å². The average molecular weight is 456 g/mol. The molecule has 1 fully saturated rings. The predicted octanol–water partition coefficient (Wildman–Crippen LogP) is 3.37. The van der Waals surface area contributed by atoms with E-state index < -0.39 is 0 Å². The van der Waals surface area contributed by atoms with E-state index in [1.165, 1.54) is 38.5 Å². The molecule has 2 aromatic rings. The van der Waals surface area contributed by atoms with Crippen LogP contribution >= 0.6 is 24.0 Å². The van der Waals surface area contributed by atoms with Crippen molar-refractivity contribution in [1.82, 2.24) is 25.2 Å². The molecule has 2 heterocycles. The second-order valence-corrected chi connectivity index (χ2v) is 6.46. The lowest BCUT2D eigenvalue weighted by atomic mass is 9.87. The number of nitrogens with one attached hydrogen (secondary N) is 2.